The van der Waals surface area contributed by atoms with E-state index in [0.29, 0.717) is 6.54 Å². The molecule has 2 rings (SSSR count). The van der Waals surface area contributed by atoms with Crippen LogP contribution in [-0.2, 0) is 21.3 Å². The van der Waals surface area contributed by atoms with Gasteiger partial charge in [0.05, 0.1) is 5.75 Å². The molecule has 1 aromatic rings. The third kappa shape index (κ3) is 6.07. The van der Waals surface area contributed by atoms with Crippen LogP contribution in [0, 0.1) is 5.82 Å². The van der Waals surface area contributed by atoms with Gasteiger partial charge in [0.1, 0.15) is 11.6 Å². The van der Waals surface area contributed by atoms with E-state index in [9.17, 15) is 13.4 Å². The Morgan fingerprint density at radius 2 is 2.17 bits per heavy atom. The maximum atomic E-state index is 13.6. The Labute approximate surface area is 143 Å². The highest BCUT2D eigenvalue weighted by molar-refractivity contribution is 7.84. The zero-order valence-corrected chi connectivity index (χ0v) is 14.5. The van der Waals surface area contributed by atoms with Gasteiger partial charge >= 0.3 is 0 Å². The fourth-order valence-corrected chi connectivity index (χ4v) is 3.99. The molecule has 0 aromatic heterocycles. The Morgan fingerprint density at radius 1 is 1.35 bits per heavy atom. The Kier molecular flexibility index (Phi) is 7.24. The van der Waals surface area contributed by atoms with Crippen LogP contribution in [0.15, 0.2) is 29.8 Å². The molecule has 1 aliphatic rings. The van der Waals surface area contributed by atoms with Crippen LogP contribution in [0.5, 0.6) is 0 Å². The molecule has 1 amide bonds. The summed E-state index contributed by atoms with van der Waals surface area (Å²) in [6, 6.07) is 4.32. The largest absolute Gasteiger partial charge is 0.355 e. The molecule has 0 fully saturated rings. The lowest BCUT2D eigenvalue weighted by atomic mass is 9.97. The molecular weight excluding hydrogens is 337 g/mol. The summed E-state index contributed by atoms with van der Waals surface area (Å²) in [4.78, 5) is 11.8. The van der Waals surface area contributed by atoms with Crippen molar-refractivity contribution in [3.63, 3.8) is 0 Å². The average Bonchev–Trinajstić information content (AvgIpc) is 2.52. The molecule has 0 saturated carbocycles. The fourth-order valence-electron chi connectivity index (χ4n) is 2.57. The van der Waals surface area contributed by atoms with E-state index in [0.717, 1.165) is 19.3 Å². The second-order valence-electron chi connectivity index (χ2n) is 5.64. The van der Waals surface area contributed by atoms with Gasteiger partial charge in [0.25, 0.3) is 0 Å². The van der Waals surface area contributed by atoms with Gasteiger partial charge in [-0.25, -0.2) is 4.39 Å². The second-order valence-corrected chi connectivity index (χ2v) is 7.50. The number of carbonyl (C=O) groups is 1. The van der Waals surface area contributed by atoms with Crippen molar-refractivity contribution in [2.24, 2.45) is 0 Å². The van der Waals surface area contributed by atoms with Crippen molar-refractivity contribution >= 4 is 28.3 Å². The van der Waals surface area contributed by atoms with E-state index >= 15 is 0 Å². The van der Waals surface area contributed by atoms with Crippen LogP contribution in [0.2, 0.25) is 5.02 Å². The molecule has 0 heterocycles. The quantitative estimate of drug-likeness (QED) is 0.756. The van der Waals surface area contributed by atoms with E-state index in [1.807, 2.05) is 0 Å². The molecule has 0 radical (unpaired) electrons. The van der Waals surface area contributed by atoms with Crippen LogP contribution >= 0.6 is 11.6 Å². The van der Waals surface area contributed by atoms with Crippen molar-refractivity contribution in [1.29, 1.82) is 0 Å². The summed E-state index contributed by atoms with van der Waals surface area (Å²) < 4.78 is 25.6. The summed E-state index contributed by atoms with van der Waals surface area (Å²) in [6.07, 6.45) is 7.77. The molecule has 126 valence electrons. The van der Waals surface area contributed by atoms with E-state index in [2.05, 4.69) is 11.4 Å². The van der Waals surface area contributed by atoms with Crippen molar-refractivity contribution in [3.8, 4) is 0 Å². The highest BCUT2D eigenvalue weighted by atomic mass is 35.5. The highest BCUT2D eigenvalue weighted by Gasteiger charge is 2.14. The van der Waals surface area contributed by atoms with E-state index in [1.54, 1.807) is 6.07 Å². The summed E-state index contributed by atoms with van der Waals surface area (Å²) >= 11 is 5.90. The first kappa shape index (κ1) is 18.1. The number of nitrogens with one attached hydrogen (secondary N) is 1. The molecule has 1 atom stereocenters. The molecule has 0 bridgehead atoms. The van der Waals surface area contributed by atoms with E-state index in [1.165, 1.54) is 30.5 Å². The SMILES string of the molecule is O=C(C[S@](=O)Cc1c(F)cccc1Cl)NCCC1=CCCCC1. The first-order valence-electron chi connectivity index (χ1n) is 7.78. The van der Waals surface area contributed by atoms with Crippen LogP contribution < -0.4 is 5.32 Å². The smallest absolute Gasteiger partial charge is 0.232 e. The van der Waals surface area contributed by atoms with Crippen molar-refractivity contribution in [2.75, 3.05) is 12.3 Å². The van der Waals surface area contributed by atoms with Crippen molar-refractivity contribution in [2.45, 2.75) is 37.9 Å². The summed E-state index contributed by atoms with van der Waals surface area (Å²) in [7, 11) is -1.48. The first-order chi connectivity index (χ1) is 11.1. The number of rotatable bonds is 7. The van der Waals surface area contributed by atoms with Gasteiger partial charge in [-0.05, 0) is 44.2 Å². The maximum absolute atomic E-state index is 13.6. The average molecular weight is 358 g/mol. The van der Waals surface area contributed by atoms with Crippen molar-refractivity contribution < 1.29 is 13.4 Å². The fraction of sp³-hybridized carbons (Fsp3) is 0.471. The topological polar surface area (TPSA) is 46.2 Å². The Bertz CT molecular complexity index is 598. The zero-order chi connectivity index (χ0) is 16.7. The minimum atomic E-state index is -1.48. The summed E-state index contributed by atoms with van der Waals surface area (Å²) in [6.45, 7) is 0.558. The summed E-state index contributed by atoms with van der Waals surface area (Å²) in [5, 5.41) is 3.02. The maximum Gasteiger partial charge on any atom is 0.232 e. The predicted molar refractivity (Wildman–Crippen MR) is 92.3 cm³/mol. The van der Waals surface area contributed by atoms with Crippen LogP contribution in [0.4, 0.5) is 4.39 Å². The van der Waals surface area contributed by atoms with Gasteiger partial charge in [-0.2, -0.15) is 0 Å². The molecule has 0 spiro atoms. The predicted octanol–water partition coefficient (Wildman–Crippen LogP) is 3.73. The third-order valence-electron chi connectivity index (χ3n) is 3.81. The first-order valence-corrected chi connectivity index (χ1v) is 9.65. The van der Waals surface area contributed by atoms with Gasteiger partial charge in [0, 0.05) is 27.9 Å². The monoisotopic (exact) mass is 357 g/mol. The van der Waals surface area contributed by atoms with E-state index in [4.69, 9.17) is 11.6 Å². The molecule has 0 aliphatic heterocycles. The Hall–Kier alpha value is -1.20. The van der Waals surface area contributed by atoms with Crippen molar-refractivity contribution in [1.82, 2.24) is 5.32 Å². The molecule has 1 aliphatic carbocycles. The molecule has 3 nitrogen and oxygen atoms in total. The van der Waals surface area contributed by atoms with Crippen LogP contribution in [0.25, 0.3) is 0 Å². The minimum Gasteiger partial charge on any atom is -0.355 e. The molecule has 1 N–H and O–H groups in total. The van der Waals surface area contributed by atoms with Crippen LogP contribution in [0.3, 0.4) is 0 Å². The molecule has 0 unspecified atom stereocenters. The number of amides is 1. The highest BCUT2D eigenvalue weighted by Crippen LogP contribution is 2.21. The Balaban J connectivity index is 1.74. The zero-order valence-electron chi connectivity index (χ0n) is 12.9. The van der Waals surface area contributed by atoms with Gasteiger partial charge in [-0.15, -0.1) is 0 Å². The summed E-state index contributed by atoms with van der Waals surface area (Å²) in [5.74, 6) is -0.948. The van der Waals surface area contributed by atoms with Gasteiger partial charge < -0.3 is 5.32 Å². The van der Waals surface area contributed by atoms with E-state index < -0.39 is 16.6 Å². The van der Waals surface area contributed by atoms with Crippen LogP contribution in [0.1, 0.15) is 37.7 Å². The molecule has 1 aromatic carbocycles. The van der Waals surface area contributed by atoms with Crippen LogP contribution in [-0.4, -0.2) is 22.4 Å². The Morgan fingerprint density at radius 3 is 2.87 bits per heavy atom. The number of halogens is 2. The lowest BCUT2D eigenvalue weighted by molar-refractivity contribution is -0.118. The number of carbonyl (C=O) groups excluding carboxylic acids is 1. The molecular formula is C17H21ClFNO2S. The van der Waals surface area contributed by atoms with Gasteiger partial charge in [-0.1, -0.05) is 29.3 Å². The lowest BCUT2D eigenvalue weighted by Crippen LogP contribution is -2.29. The number of hydrogen-bond donors (Lipinski definition) is 1. The molecule has 0 saturated heterocycles. The number of hydrogen-bond acceptors (Lipinski definition) is 2. The third-order valence-corrected chi connectivity index (χ3v) is 5.36. The van der Waals surface area contributed by atoms with Gasteiger partial charge in [-0.3, -0.25) is 9.00 Å². The molecule has 23 heavy (non-hydrogen) atoms. The summed E-state index contributed by atoms with van der Waals surface area (Å²) in [5.41, 5.74) is 1.59. The number of allylic oxidation sites excluding steroid dienone is 1. The number of benzene rings is 1. The minimum absolute atomic E-state index is 0.0515. The second kappa shape index (κ2) is 9.18. The van der Waals surface area contributed by atoms with E-state index in [-0.39, 0.29) is 28.0 Å². The van der Waals surface area contributed by atoms with Gasteiger partial charge in [0.15, 0.2) is 0 Å². The molecule has 6 heteroatoms. The normalized spacial score (nSPS) is 15.8. The standard InChI is InChI=1S/C17H21ClFNO2S/c18-15-7-4-8-16(19)14(15)11-23(22)12-17(21)20-10-9-13-5-2-1-3-6-13/h4-5,7-8H,1-3,6,9-12H2,(H,20,21)/t23-/m1/s1. The van der Waals surface area contributed by atoms with Crippen molar-refractivity contribution in [3.05, 3.63) is 46.3 Å². The lowest BCUT2D eigenvalue weighted by Gasteiger charge is -2.13. The van der Waals surface area contributed by atoms with Gasteiger partial charge in [0.2, 0.25) is 5.91 Å².